The van der Waals surface area contributed by atoms with Crippen molar-refractivity contribution in [1.82, 2.24) is 5.32 Å². The van der Waals surface area contributed by atoms with Gasteiger partial charge in [-0.2, -0.15) is 0 Å². The molecular weight excluding hydrogens is 284 g/mol. The van der Waals surface area contributed by atoms with Gasteiger partial charge in [-0.25, -0.2) is 0 Å². The number of anilines is 1. The van der Waals surface area contributed by atoms with E-state index in [0.29, 0.717) is 23.0 Å². The maximum atomic E-state index is 6.32. The second kappa shape index (κ2) is 6.05. The number of nitrogens with one attached hydrogen (secondary N) is 1. The van der Waals surface area contributed by atoms with E-state index in [-0.39, 0.29) is 0 Å². The van der Waals surface area contributed by atoms with Gasteiger partial charge in [-0.3, -0.25) is 0 Å². The van der Waals surface area contributed by atoms with Crippen LogP contribution in [0.2, 0.25) is 5.02 Å². The van der Waals surface area contributed by atoms with Crippen LogP contribution in [0.4, 0.5) is 5.69 Å². The predicted molar refractivity (Wildman–Crippen MR) is 88.5 cm³/mol. The summed E-state index contributed by atoms with van der Waals surface area (Å²) >= 11 is 6.32. The monoisotopic (exact) mass is 308 g/mol. The van der Waals surface area contributed by atoms with Gasteiger partial charge in [0, 0.05) is 30.9 Å². The minimum Gasteiger partial charge on any atom is -0.495 e. The molecule has 2 aliphatic rings. The molecule has 1 aromatic carbocycles. The molecule has 0 amide bonds. The van der Waals surface area contributed by atoms with E-state index in [2.05, 4.69) is 30.1 Å². The lowest BCUT2D eigenvalue weighted by atomic mass is 9.96. The van der Waals surface area contributed by atoms with Crippen LogP contribution in [0.15, 0.2) is 18.2 Å². The van der Waals surface area contributed by atoms with Crippen molar-refractivity contribution in [3.05, 3.63) is 23.2 Å². The van der Waals surface area contributed by atoms with Crippen LogP contribution >= 0.6 is 11.6 Å². The van der Waals surface area contributed by atoms with Crippen LogP contribution in [-0.4, -0.2) is 32.3 Å². The number of benzene rings is 1. The van der Waals surface area contributed by atoms with E-state index in [4.69, 9.17) is 16.3 Å². The Kier molecular flexibility index (Phi) is 4.32. The third kappa shape index (κ3) is 3.14. The summed E-state index contributed by atoms with van der Waals surface area (Å²) in [5.41, 5.74) is 1.21. The van der Waals surface area contributed by atoms with Crippen molar-refractivity contribution in [2.24, 2.45) is 11.8 Å². The third-order valence-corrected chi connectivity index (χ3v) is 5.11. The molecule has 0 spiro atoms. The molecule has 1 aliphatic carbocycles. The Morgan fingerprint density at radius 1 is 1.33 bits per heavy atom. The van der Waals surface area contributed by atoms with Gasteiger partial charge in [0.15, 0.2) is 0 Å². The van der Waals surface area contributed by atoms with Crippen LogP contribution in [0.25, 0.3) is 0 Å². The minimum atomic E-state index is 0.518. The van der Waals surface area contributed by atoms with E-state index >= 15 is 0 Å². The molecule has 2 unspecified atom stereocenters. The molecule has 21 heavy (non-hydrogen) atoms. The molecule has 3 rings (SSSR count). The molecule has 2 fully saturated rings. The standard InChI is InChI=1S/C17H25ClN2O/c1-11(2)16-9-19-15(12-4-5-12)10-20(16)13-6-7-17(21-3)14(18)8-13/h6-8,11-12,15-16,19H,4-5,9-10H2,1-3H3. The van der Waals surface area contributed by atoms with Gasteiger partial charge in [-0.15, -0.1) is 0 Å². The van der Waals surface area contributed by atoms with Gasteiger partial charge in [-0.05, 0) is 42.9 Å². The summed E-state index contributed by atoms with van der Waals surface area (Å²) in [5.74, 6) is 2.23. The van der Waals surface area contributed by atoms with E-state index in [9.17, 15) is 0 Å². The summed E-state index contributed by atoms with van der Waals surface area (Å²) in [4.78, 5) is 2.54. The highest BCUT2D eigenvalue weighted by Gasteiger charge is 2.38. The molecule has 1 aliphatic heterocycles. The molecule has 0 aromatic heterocycles. The Balaban J connectivity index is 1.85. The molecule has 1 N–H and O–H groups in total. The number of ether oxygens (including phenoxy) is 1. The molecule has 0 radical (unpaired) electrons. The van der Waals surface area contributed by atoms with E-state index < -0.39 is 0 Å². The molecule has 1 heterocycles. The second-order valence-corrected chi connectivity index (χ2v) is 7.04. The zero-order valence-corrected chi connectivity index (χ0v) is 13.9. The third-order valence-electron chi connectivity index (χ3n) is 4.81. The van der Waals surface area contributed by atoms with E-state index in [1.54, 1.807) is 7.11 Å². The highest BCUT2D eigenvalue weighted by atomic mass is 35.5. The maximum Gasteiger partial charge on any atom is 0.137 e. The van der Waals surface area contributed by atoms with Gasteiger partial charge >= 0.3 is 0 Å². The molecule has 0 bridgehead atoms. The van der Waals surface area contributed by atoms with Gasteiger partial charge in [0.2, 0.25) is 0 Å². The maximum absolute atomic E-state index is 6.32. The summed E-state index contributed by atoms with van der Waals surface area (Å²) in [5, 5.41) is 4.44. The van der Waals surface area contributed by atoms with Crippen LogP contribution < -0.4 is 15.0 Å². The Morgan fingerprint density at radius 2 is 2.10 bits per heavy atom. The summed E-state index contributed by atoms with van der Waals surface area (Å²) < 4.78 is 5.27. The first kappa shape index (κ1) is 15.0. The fourth-order valence-corrected chi connectivity index (χ4v) is 3.59. The van der Waals surface area contributed by atoms with Gasteiger partial charge in [0.1, 0.15) is 5.75 Å². The van der Waals surface area contributed by atoms with E-state index in [1.165, 1.54) is 18.5 Å². The average Bonchev–Trinajstić information content (AvgIpc) is 3.31. The second-order valence-electron chi connectivity index (χ2n) is 6.63. The molecule has 3 nitrogen and oxygen atoms in total. The van der Waals surface area contributed by atoms with Gasteiger partial charge in [-0.1, -0.05) is 25.4 Å². The smallest absolute Gasteiger partial charge is 0.137 e. The number of halogens is 1. The van der Waals surface area contributed by atoms with Crippen molar-refractivity contribution in [2.75, 3.05) is 25.1 Å². The molecule has 116 valence electrons. The van der Waals surface area contributed by atoms with Crippen LogP contribution in [-0.2, 0) is 0 Å². The fraction of sp³-hybridized carbons (Fsp3) is 0.647. The summed E-state index contributed by atoms with van der Waals surface area (Å²) in [7, 11) is 1.66. The number of piperazine rings is 1. The number of rotatable bonds is 4. The molecule has 1 saturated carbocycles. The summed E-state index contributed by atoms with van der Waals surface area (Å²) in [6.07, 6.45) is 2.75. The topological polar surface area (TPSA) is 24.5 Å². The Labute approximate surface area is 132 Å². The molecule has 1 aromatic rings. The minimum absolute atomic E-state index is 0.518. The van der Waals surface area contributed by atoms with Crippen LogP contribution in [0.5, 0.6) is 5.75 Å². The van der Waals surface area contributed by atoms with Crippen molar-refractivity contribution in [2.45, 2.75) is 38.8 Å². The van der Waals surface area contributed by atoms with Crippen molar-refractivity contribution in [1.29, 1.82) is 0 Å². The highest BCUT2D eigenvalue weighted by molar-refractivity contribution is 6.32. The van der Waals surface area contributed by atoms with Crippen molar-refractivity contribution < 1.29 is 4.74 Å². The fourth-order valence-electron chi connectivity index (χ4n) is 3.33. The van der Waals surface area contributed by atoms with Crippen LogP contribution in [0.1, 0.15) is 26.7 Å². The Hall–Kier alpha value is -0.930. The van der Waals surface area contributed by atoms with Crippen molar-refractivity contribution in [3.63, 3.8) is 0 Å². The Bertz CT molecular complexity index is 502. The average molecular weight is 309 g/mol. The van der Waals surface area contributed by atoms with Gasteiger partial charge in [0.25, 0.3) is 0 Å². The lowest BCUT2D eigenvalue weighted by Crippen LogP contribution is -2.59. The lowest BCUT2D eigenvalue weighted by molar-refractivity contribution is 0.320. The zero-order valence-electron chi connectivity index (χ0n) is 13.1. The normalized spacial score (nSPS) is 26.2. The van der Waals surface area contributed by atoms with Crippen molar-refractivity contribution in [3.8, 4) is 5.75 Å². The number of methoxy groups -OCH3 is 1. The van der Waals surface area contributed by atoms with Gasteiger partial charge < -0.3 is 15.0 Å². The SMILES string of the molecule is COc1ccc(N2CC(C3CC3)NCC2C(C)C)cc1Cl. The predicted octanol–water partition coefficient (Wildman–Crippen LogP) is 3.56. The molecule has 4 heteroatoms. The quantitative estimate of drug-likeness (QED) is 0.920. The van der Waals surface area contributed by atoms with Gasteiger partial charge in [0.05, 0.1) is 12.1 Å². The van der Waals surface area contributed by atoms with Crippen molar-refractivity contribution >= 4 is 17.3 Å². The number of nitrogens with zero attached hydrogens (tertiary/aromatic N) is 1. The molecular formula is C17H25ClN2O. The zero-order chi connectivity index (χ0) is 15.0. The highest BCUT2D eigenvalue weighted by Crippen LogP contribution is 2.37. The summed E-state index contributed by atoms with van der Waals surface area (Å²) in [6, 6.07) is 7.30. The largest absolute Gasteiger partial charge is 0.495 e. The van der Waals surface area contributed by atoms with E-state index in [0.717, 1.165) is 24.8 Å². The molecule has 2 atom stereocenters. The number of hydrogen-bond acceptors (Lipinski definition) is 3. The number of hydrogen-bond donors (Lipinski definition) is 1. The first-order chi connectivity index (χ1) is 10.1. The van der Waals surface area contributed by atoms with Crippen LogP contribution in [0, 0.1) is 11.8 Å². The molecule has 1 saturated heterocycles. The van der Waals surface area contributed by atoms with E-state index in [1.807, 2.05) is 12.1 Å². The summed E-state index contributed by atoms with van der Waals surface area (Å²) in [6.45, 7) is 6.72. The first-order valence-electron chi connectivity index (χ1n) is 7.93. The Morgan fingerprint density at radius 3 is 2.67 bits per heavy atom. The van der Waals surface area contributed by atoms with Crippen LogP contribution in [0.3, 0.4) is 0 Å². The first-order valence-corrected chi connectivity index (χ1v) is 8.31. The lowest BCUT2D eigenvalue weighted by Gasteiger charge is -2.44.